The van der Waals surface area contributed by atoms with Crippen LogP contribution in [-0.2, 0) is 32.5 Å². The number of benzene rings is 5. The van der Waals surface area contributed by atoms with Gasteiger partial charge in [0.25, 0.3) is 6.71 Å². The van der Waals surface area contributed by atoms with Crippen molar-refractivity contribution in [3.63, 3.8) is 0 Å². The Hall–Kier alpha value is -4.70. The Balaban J connectivity index is 1.37. The molecule has 314 valence electrons. The minimum Gasteiger partial charge on any atom is -0.468 e. The maximum Gasteiger partial charge on any atom is 0.297 e. The Morgan fingerprint density at radius 3 is 1.69 bits per heavy atom. The van der Waals surface area contributed by atoms with Gasteiger partial charge in [0.1, 0.15) is 5.58 Å². The fourth-order valence-electron chi connectivity index (χ4n) is 11.2. The number of fused-ring (bicyclic) bond motifs is 8. The zero-order valence-corrected chi connectivity index (χ0v) is 39.5. The number of anilines is 6. The predicted molar refractivity (Wildman–Crippen MR) is 263 cm³/mol. The molecule has 0 spiro atoms. The number of rotatable bonds is 2. The second-order valence-corrected chi connectivity index (χ2v) is 23.8. The molecule has 3 nitrogen and oxygen atoms in total. The molecule has 0 fully saturated rings. The van der Waals surface area contributed by atoms with Gasteiger partial charge in [-0.2, -0.15) is 0 Å². The van der Waals surface area contributed by atoms with Crippen LogP contribution < -0.4 is 26.4 Å². The lowest BCUT2D eigenvalue weighted by Crippen LogP contribution is -2.61. The second kappa shape index (κ2) is 12.7. The van der Waals surface area contributed by atoms with Crippen LogP contribution in [0.3, 0.4) is 0 Å². The van der Waals surface area contributed by atoms with Crippen molar-refractivity contribution in [2.24, 2.45) is 0 Å². The highest BCUT2D eigenvalue weighted by Crippen LogP contribution is 2.53. The van der Waals surface area contributed by atoms with Crippen molar-refractivity contribution in [1.29, 1.82) is 0 Å². The lowest BCUT2D eigenvalue weighted by atomic mass is 9.35. The first-order chi connectivity index (χ1) is 30.0. The van der Waals surface area contributed by atoms with Crippen LogP contribution in [0.5, 0.6) is 0 Å². The second-order valence-electron chi connectivity index (χ2n) is 23.8. The summed E-state index contributed by atoms with van der Waals surface area (Å²) in [5, 5.41) is 0.904. The summed E-state index contributed by atoms with van der Waals surface area (Å²) >= 11 is 0. The molecular weight excluding hydrogens is 739 g/mol. The first kappa shape index (κ1) is 35.9. The van der Waals surface area contributed by atoms with Crippen LogP contribution in [0.4, 0.5) is 34.1 Å². The van der Waals surface area contributed by atoms with E-state index in [4.69, 9.17) is 4.42 Å². The summed E-state index contributed by atoms with van der Waals surface area (Å²) in [5.41, 5.74) is 16.4. The molecule has 10 rings (SSSR count). The summed E-state index contributed by atoms with van der Waals surface area (Å²) in [6.45, 7) is 33.6. The van der Waals surface area contributed by atoms with Gasteiger partial charge in [0.05, 0.1) is 16.8 Å². The summed E-state index contributed by atoms with van der Waals surface area (Å²) < 4.78 is 46.0. The summed E-state index contributed by atoms with van der Waals surface area (Å²) in [6.07, 6.45) is 4.44. The highest BCUT2D eigenvalue weighted by atomic mass is 16.3. The van der Waals surface area contributed by atoms with E-state index in [2.05, 4.69) is 154 Å². The average molecular weight is 811 g/mol. The third kappa shape index (κ3) is 6.04. The molecule has 0 radical (unpaired) electrons. The summed E-state index contributed by atoms with van der Waals surface area (Å²) in [7, 11) is 0. The minimum atomic E-state index is -0.604. The van der Waals surface area contributed by atoms with Gasteiger partial charge in [-0.25, -0.2) is 0 Å². The van der Waals surface area contributed by atoms with E-state index in [0.29, 0.717) is 5.56 Å². The molecule has 0 saturated heterocycles. The Morgan fingerprint density at radius 1 is 0.557 bits per heavy atom. The van der Waals surface area contributed by atoms with Gasteiger partial charge >= 0.3 is 0 Å². The highest BCUT2D eigenvalue weighted by Gasteiger charge is 2.49. The van der Waals surface area contributed by atoms with Crippen LogP contribution in [0.15, 0.2) is 89.3 Å². The van der Waals surface area contributed by atoms with E-state index >= 15 is 0 Å². The number of nitrogens with zero attached hydrogens (tertiary/aromatic N) is 2. The van der Waals surface area contributed by atoms with Crippen molar-refractivity contribution in [3.8, 4) is 0 Å². The fourth-order valence-corrected chi connectivity index (χ4v) is 11.2. The quantitative estimate of drug-likeness (QED) is 0.162. The summed E-state index contributed by atoms with van der Waals surface area (Å²) in [6, 6.07) is 23.1. The maximum atomic E-state index is 9.85. The lowest BCUT2D eigenvalue weighted by molar-refractivity contribution is 0.332. The van der Waals surface area contributed by atoms with Gasteiger partial charge in [-0.05, 0) is 170 Å². The van der Waals surface area contributed by atoms with Gasteiger partial charge in [0, 0.05) is 33.8 Å². The van der Waals surface area contributed by atoms with Crippen molar-refractivity contribution >= 4 is 68.4 Å². The van der Waals surface area contributed by atoms with E-state index in [9.17, 15) is 5.48 Å². The van der Waals surface area contributed by atoms with Gasteiger partial charge in [0.2, 0.25) is 0 Å². The van der Waals surface area contributed by atoms with Crippen LogP contribution in [0.1, 0.15) is 167 Å². The van der Waals surface area contributed by atoms with E-state index < -0.39 is 5.41 Å². The predicted octanol–water partition coefficient (Wildman–Crippen LogP) is 14.1. The molecule has 0 amide bonds. The summed E-state index contributed by atoms with van der Waals surface area (Å²) in [5.74, 6) is 0. The maximum absolute atomic E-state index is 9.85. The van der Waals surface area contributed by atoms with E-state index in [1.165, 1.54) is 27.7 Å². The van der Waals surface area contributed by atoms with Gasteiger partial charge < -0.3 is 14.2 Å². The molecule has 0 saturated carbocycles. The molecule has 4 heteroatoms. The van der Waals surface area contributed by atoms with E-state index in [0.717, 1.165) is 87.3 Å². The number of furan rings is 1. The third-order valence-corrected chi connectivity index (χ3v) is 15.3. The molecule has 2 aliphatic heterocycles. The fraction of sp³-hybridized carbons (Fsp3) is 0.439. The Morgan fingerprint density at radius 2 is 1.10 bits per heavy atom. The smallest absolute Gasteiger partial charge is 0.297 e. The van der Waals surface area contributed by atoms with Gasteiger partial charge in [0.15, 0.2) is 0 Å². The van der Waals surface area contributed by atoms with E-state index in [-0.39, 0.29) is 63.6 Å². The zero-order valence-electron chi connectivity index (χ0n) is 43.5. The van der Waals surface area contributed by atoms with Crippen LogP contribution in [0.2, 0.25) is 0 Å². The van der Waals surface area contributed by atoms with Crippen LogP contribution in [0, 0.1) is 6.92 Å². The van der Waals surface area contributed by atoms with Gasteiger partial charge in [-0.15, -0.1) is 0 Å². The first-order valence-electron chi connectivity index (χ1n) is 24.8. The number of aryl methyl sites for hydroxylation is 1. The normalized spacial score (nSPS) is 20.1. The topological polar surface area (TPSA) is 19.6 Å². The largest absolute Gasteiger partial charge is 0.468 e. The molecule has 2 aliphatic carbocycles. The SMILES string of the molecule is [2H]c1c([2H])c(C(C)(C)C)c([2H])c([2H])c1N1c2cc(C)cc3c2B(c2cc4c(cc2N3c2ccc3c(c2)C(C)(C)CCC3(C)C)C(C)(C)CCC4(C)C)c2oc3ccc(C(C)(C)C)cc3c21. The van der Waals surface area contributed by atoms with Crippen LogP contribution >= 0.6 is 0 Å². The van der Waals surface area contributed by atoms with E-state index in [1.807, 2.05) is 20.8 Å². The molecule has 61 heavy (non-hydrogen) atoms. The first-order valence-corrected chi connectivity index (χ1v) is 22.8. The monoisotopic (exact) mass is 811 g/mol. The standard InChI is InChI=1S/C57H67BN2O/c1-34-28-46-49-47(29-34)60(37-19-16-35(17-20-37)52(2,3)4)50-39-30-36(53(5,6)7)18-23-48(39)61-51(50)58(49)44-32-42-43(57(14,15)27-26-56(42,12)13)33-45(44)59(46)38-21-22-40-41(31-38)55(10,11)25-24-54(40,8)9/h16-23,28-33H,24-27H2,1-15H3/i16D,17D,19D,20D. The Kier molecular flexibility index (Phi) is 7.47. The lowest BCUT2D eigenvalue weighted by Gasteiger charge is -2.47. The van der Waals surface area contributed by atoms with Gasteiger partial charge in [-0.1, -0.05) is 127 Å². The van der Waals surface area contributed by atoms with Crippen molar-refractivity contribution in [3.05, 3.63) is 124 Å². The molecule has 0 unspecified atom stereocenters. The van der Waals surface area contributed by atoms with Crippen molar-refractivity contribution in [1.82, 2.24) is 0 Å². The molecule has 4 aliphatic rings. The third-order valence-electron chi connectivity index (χ3n) is 15.3. The van der Waals surface area contributed by atoms with Gasteiger partial charge in [-0.3, -0.25) is 0 Å². The molecule has 0 atom stereocenters. The van der Waals surface area contributed by atoms with Crippen molar-refractivity contribution < 1.29 is 9.90 Å². The highest BCUT2D eigenvalue weighted by molar-refractivity contribution is 7.00. The molecule has 0 bridgehead atoms. The average Bonchev–Trinajstić information content (AvgIpc) is 3.58. The molecule has 3 heterocycles. The van der Waals surface area contributed by atoms with E-state index in [1.54, 1.807) is 0 Å². The van der Waals surface area contributed by atoms with Crippen LogP contribution in [0.25, 0.3) is 11.0 Å². The summed E-state index contributed by atoms with van der Waals surface area (Å²) in [4.78, 5) is 4.56. The zero-order chi connectivity index (χ0) is 47.0. The Labute approximate surface area is 372 Å². The molecule has 0 N–H and O–H groups in total. The Bertz CT molecular complexity index is 3020. The number of hydrogen-bond donors (Lipinski definition) is 0. The number of hydrogen-bond acceptors (Lipinski definition) is 3. The van der Waals surface area contributed by atoms with Crippen LogP contribution in [-0.4, -0.2) is 6.71 Å². The molecule has 6 aromatic rings. The molecule has 1 aromatic heterocycles. The minimum absolute atomic E-state index is 0.00198. The van der Waals surface area contributed by atoms with Crippen molar-refractivity contribution in [2.75, 3.05) is 9.80 Å². The molecular formula is C57H67BN2O. The van der Waals surface area contributed by atoms with Crippen molar-refractivity contribution in [2.45, 2.75) is 162 Å². The molecule has 5 aromatic carbocycles.